The van der Waals surface area contributed by atoms with Crippen molar-refractivity contribution in [3.05, 3.63) is 29.8 Å². The van der Waals surface area contributed by atoms with Crippen molar-refractivity contribution < 1.29 is 18.0 Å². The summed E-state index contributed by atoms with van der Waals surface area (Å²) < 4.78 is 27.5. The number of nitrogens with one attached hydrogen (secondary N) is 1. The Morgan fingerprint density at radius 1 is 1.00 bits per heavy atom. The fourth-order valence-corrected chi connectivity index (χ4v) is 5.96. The summed E-state index contributed by atoms with van der Waals surface area (Å²) in [6, 6.07) is 6.38. The molecule has 1 aromatic rings. The first kappa shape index (κ1) is 22.7. The Morgan fingerprint density at radius 3 is 2.20 bits per heavy atom. The molecule has 1 unspecified atom stereocenters. The molecular weight excluding hydrogens is 402 g/mol. The molecule has 2 fully saturated rings. The largest absolute Gasteiger partial charge is 0.354 e. The summed E-state index contributed by atoms with van der Waals surface area (Å²) in [7, 11) is -3.54. The van der Waals surface area contributed by atoms with Crippen LogP contribution in [0.1, 0.15) is 63.2 Å². The minimum Gasteiger partial charge on any atom is -0.354 e. The van der Waals surface area contributed by atoms with Gasteiger partial charge in [0, 0.05) is 43.2 Å². The Hall–Kier alpha value is -1.93. The maximum absolute atomic E-state index is 12.9. The van der Waals surface area contributed by atoms with E-state index >= 15 is 0 Å². The molecule has 166 valence electrons. The quantitative estimate of drug-likeness (QED) is 0.770. The van der Waals surface area contributed by atoms with Crippen molar-refractivity contribution in [2.45, 2.75) is 69.9 Å². The molecule has 0 bridgehead atoms. The summed E-state index contributed by atoms with van der Waals surface area (Å²) in [5.41, 5.74) is 0.478. The van der Waals surface area contributed by atoms with Gasteiger partial charge in [0.25, 0.3) is 5.91 Å². The third kappa shape index (κ3) is 5.03. The molecule has 0 aliphatic carbocycles. The average Bonchev–Trinajstić information content (AvgIpc) is 2.73. The van der Waals surface area contributed by atoms with Gasteiger partial charge in [-0.05, 0) is 70.7 Å². The number of benzene rings is 1. The number of carbonyl (C=O) groups excluding carboxylic acids is 2. The van der Waals surface area contributed by atoms with E-state index in [1.54, 1.807) is 21.3 Å². The van der Waals surface area contributed by atoms with Crippen LogP contribution in [-0.4, -0.2) is 61.2 Å². The highest BCUT2D eigenvalue weighted by molar-refractivity contribution is 7.89. The molecule has 1 N–H and O–H groups in total. The van der Waals surface area contributed by atoms with Gasteiger partial charge < -0.3 is 10.2 Å². The fourth-order valence-electron chi connectivity index (χ4n) is 4.26. The van der Waals surface area contributed by atoms with Crippen LogP contribution in [0.3, 0.4) is 0 Å². The number of rotatable bonds is 5. The van der Waals surface area contributed by atoms with Gasteiger partial charge in [0.15, 0.2) is 0 Å². The Kier molecular flexibility index (Phi) is 7.18. The maximum Gasteiger partial charge on any atom is 0.253 e. The Morgan fingerprint density at radius 2 is 1.63 bits per heavy atom. The molecule has 2 aliphatic rings. The van der Waals surface area contributed by atoms with Crippen molar-refractivity contribution in [2.75, 3.05) is 19.6 Å². The van der Waals surface area contributed by atoms with Crippen molar-refractivity contribution in [1.29, 1.82) is 0 Å². The topological polar surface area (TPSA) is 86.8 Å². The number of piperidine rings is 2. The molecule has 8 heteroatoms. The number of amides is 2. The predicted octanol–water partition coefficient (Wildman–Crippen LogP) is 2.63. The van der Waals surface area contributed by atoms with E-state index in [0.717, 1.165) is 19.3 Å². The molecule has 0 saturated carbocycles. The molecule has 1 atom stereocenters. The molecule has 7 nitrogen and oxygen atoms in total. The first-order valence-corrected chi connectivity index (χ1v) is 12.4. The SMILES string of the molecule is CC(C)NC(=O)C1CCN(C(=O)c2ccc(S(=O)(=O)N3CCCCC3C)cc2)CC1. The average molecular weight is 436 g/mol. The highest BCUT2D eigenvalue weighted by atomic mass is 32.2. The maximum atomic E-state index is 12.9. The van der Waals surface area contributed by atoms with E-state index in [9.17, 15) is 18.0 Å². The van der Waals surface area contributed by atoms with E-state index in [2.05, 4.69) is 5.32 Å². The number of hydrogen-bond donors (Lipinski definition) is 1. The van der Waals surface area contributed by atoms with Crippen LogP contribution in [0.2, 0.25) is 0 Å². The molecule has 0 radical (unpaired) electrons. The van der Waals surface area contributed by atoms with Crippen LogP contribution in [0.4, 0.5) is 0 Å². The van der Waals surface area contributed by atoms with E-state index in [-0.39, 0.29) is 34.7 Å². The van der Waals surface area contributed by atoms with E-state index in [1.807, 2.05) is 20.8 Å². The molecule has 2 saturated heterocycles. The number of carbonyl (C=O) groups is 2. The van der Waals surface area contributed by atoms with Gasteiger partial charge in [-0.15, -0.1) is 0 Å². The number of nitrogens with zero attached hydrogens (tertiary/aromatic N) is 2. The van der Waals surface area contributed by atoms with Crippen molar-refractivity contribution in [1.82, 2.24) is 14.5 Å². The molecular formula is C22H33N3O4S. The van der Waals surface area contributed by atoms with Crippen molar-refractivity contribution in [3.63, 3.8) is 0 Å². The minimum atomic E-state index is -3.54. The monoisotopic (exact) mass is 435 g/mol. The summed E-state index contributed by atoms with van der Waals surface area (Å²) in [5, 5.41) is 2.94. The molecule has 0 aromatic heterocycles. The number of sulfonamides is 1. The molecule has 2 heterocycles. The van der Waals surface area contributed by atoms with Crippen LogP contribution in [0.15, 0.2) is 29.2 Å². The summed E-state index contributed by atoms with van der Waals surface area (Å²) in [4.78, 5) is 27.0. The van der Waals surface area contributed by atoms with Crippen LogP contribution >= 0.6 is 0 Å². The zero-order valence-corrected chi connectivity index (χ0v) is 19.0. The van der Waals surface area contributed by atoms with Crippen molar-refractivity contribution >= 4 is 21.8 Å². The predicted molar refractivity (Wildman–Crippen MR) is 116 cm³/mol. The van der Waals surface area contributed by atoms with Crippen LogP contribution in [0.25, 0.3) is 0 Å². The van der Waals surface area contributed by atoms with Crippen molar-refractivity contribution in [2.24, 2.45) is 5.92 Å². The van der Waals surface area contributed by atoms with E-state index in [4.69, 9.17) is 0 Å². The van der Waals surface area contributed by atoms with Crippen LogP contribution in [0.5, 0.6) is 0 Å². The summed E-state index contributed by atoms with van der Waals surface area (Å²) in [6.45, 7) is 7.42. The first-order valence-electron chi connectivity index (χ1n) is 10.9. The van der Waals surface area contributed by atoms with Crippen molar-refractivity contribution in [3.8, 4) is 0 Å². The molecule has 3 rings (SSSR count). The third-order valence-corrected chi connectivity index (χ3v) is 8.06. The lowest BCUT2D eigenvalue weighted by Crippen LogP contribution is -2.44. The second-order valence-electron chi connectivity index (χ2n) is 8.71. The lowest BCUT2D eigenvalue weighted by molar-refractivity contribution is -0.126. The zero-order valence-electron chi connectivity index (χ0n) is 18.1. The summed E-state index contributed by atoms with van der Waals surface area (Å²) in [6.07, 6.45) is 4.09. The van der Waals surface area contributed by atoms with E-state index < -0.39 is 10.0 Å². The number of hydrogen-bond acceptors (Lipinski definition) is 4. The van der Waals surface area contributed by atoms with Crippen LogP contribution in [0, 0.1) is 5.92 Å². The Balaban J connectivity index is 1.62. The van der Waals surface area contributed by atoms with Gasteiger partial charge in [-0.25, -0.2) is 8.42 Å². The second-order valence-corrected chi connectivity index (χ2v) is 10.6. The van der Waals surface area contributed by atoms with Gasteiger partial charge in [0.1, 0.15) is 0 Å². The minimum absolute atomic E-state index is 0.000694. The smallest absolute Gasteiger partial charge is 0.253 e. The fraction of sp³-hybridized carbons (Fsp3) is 0.636. The Bertz CT molecular complexity index is 859. The highest BCUT2D eigenvalue weighted by Gasteiger charge is 2.32. The van der Waals surface area contributed by atoms with E-state index in [0.29, 0.717) is 38.0 Å². The number of likely N-dealkylation sites (tertiary alicyclic amines) is 1. The van der Waals surface area contributed by atoms with Gasteiger partial charge in [0.05, 0.1) is 4.90 Å². The molecule has 2 aliphatic heterocycles. The Labute approximate surface area is 179 Å². The van der Waals surface area contributed by atoms with E-state index in [1.165, 1.54) is 12.1 Å². The first-order chi connectivity index (χ1) is 14.2. The highest BCUT2D eigenvalue weighted by Crippen LogP contribution is 2.26. The third-order valence-electron chi connectivity index (χ3n) is 6.03. The molecule has 30 heavy (non-hydrogen) atoms. The van der Waals surface area contributed by atoms with Crippen LogP contribution in [-0.2, 0) is 14.8 Å². The van der Waals surface area contributed by atoms with Gasteiger partial charge in [-0.1, -0.05) is 6.42 Å². The normalized spacial score (nSPS) is 21.6. The molecule has 2 amide bonds. The summed E-state index contributed by atoms with van der Waals surface area (Å²) >= 11 is 0. The molecule has 0 spiro atoms. The molecule has 1 aromatic carbocycles. The second kappa shape index (κ2) is 9.47. The van der Waals surface area contributed by atoms with Gasteiger partial charge in [0.2, 0.25) is 15.9 Å². The standard InChI is InChI=1S/C22H33N3O4S/c1-16(2)23-21(26)18-11-14-24(15-12-18)22(27)19-7-9-20(10-8-19)30(28,29)25-13-5-4-6-17(25)3/h7-10,16-18H,4-6,11-15H2,1-3H3,(H,23,26). The van der Waals surface area contributed by atoms with Gasteiger partial charge >= 0.3 is 0 Å². The van der Waals surface area contributed by atoms with Gasteiger partial charge in [-0.2, -0.15) is 4.31 Å². The lowest BCUT2D eigenvalue weighted by atomic mass is 9.95. The summed E-state index contributed by atoms with van der Waals surface area (Å²) in [5.74, 6) is -0.123. The van der Waals surface area contributed by atoms with Crippen LogP contribution < -0.4 is 5.32 Å². The zero-order chi connectivity index (χ0) is 21.9. The van der Waals surface area contributed by atoms with Gasteiger partial charge in [-0.3, -0.25) is 9.59 Å². The lowest BCUT2D eigenvalue weighted by Gasteiger charge is -2.32.